The van der Waals surface area contributed by atoms with Crippen molar-refractivity contribution in [3.05, 3.63) is 36.2 Å². The highest BCUT2D eigenvalue weighted by Gasteiger charge is 2.23. The third kappa shape index (κ3) is 4.94. The van der Waals surface area contributed by atoms with Crippen molar-refractivity contribution in [2.24, 2.45) is 7.05 Å². The van der Waals surface area contributed by atoms with Crippen LogP contribution >= 0.6 is 0 Å². The molecule has 0 aliphatic carbocycles. The van der Waals surface area contributed by atoms with Gasteiger partial charge in [0, 0.05) is 33.2 Å². The van der Waals surface area contributed by atoms with Gasteiger partial charge in [0.15, 0.2) is 0 Å². The van der Waals surface area contributed by atoms with Crippen LogP contribution in [0.4, 0.5) is 10.7 Å². The van der Waals surface area contributed by atoms with Crippen LogP contribution in [0.5, 0.6) is 5.75 Å². The predicted octanol–water partition coefficient (Wildman–Crippen LogP) is 2.24. The fraction of sp³-hybridized carbons (Fsp3) is 0.550. The number of aromatic nitrogens is 3. The van der Waals surface area contributed by atoms with Gasteiger partial charge in [-0.15, -0.1) is 10.2 Å². The van der Waals surface area contributed by atoms with E-state index in [2.05, 4.69) is 46.4 Å². The number of nitrogens with zero attached hydrogens (tertiary/aromatic N) is 5. The number of hydrogen-bond acceptors (Lipinski definition) is 5. The van der Waals surface area contributed by atoms with E-state index in [9.17, 15) is 4.79 Å². The highest BCUT2D eigenvalue weighted by atomic mass is 16.5. The van der Waals surface area contributed by atoms with Gasteiger partial charge in [0.1, 0.15) is 18.2 Å². The largest absolute Gasteiger partial charge is 0.489 e. The lowest BCUT2D eigenvalue weighted by molar-refractivity contribution is 0.179. The summed E-state index contributed by atoms with van der Waals surface area (Å²) < 4.78 is 7.80. The van der Waals surface area contributed by atoms with E-state index in [1.807, 2.05) is 35.6 Å². The number of carbonyl (C=O) groups is 1. The second kappa shape index (κ2) is 8.95. The van der Waals surface area contributed by atoms with Gasteiger partial charge < -0.3 is 24.4 Å². The standard InChI is InChI=1S/C20H30N6O2/c1-15(2)17-5-7-18(8-6-17)28-16(3)13-21-20(27)26-11-9-25(10-12-26)19-23-22-14-24(19)4/h5-8,14-16H,9-13H2,1-4H3,(H,21,27)/t16-/m0/s1. The highest BCUT2D eigenvalue weighted by molar-refractivity contribution is 5.74. The topological polar surface area (TPSA) is 75.5 Å². The second-order valence-electron chi connectivity index (χ2n) is 7.55. The molecule has 1 saturated heterocycles. The third-order valence-corrected chi connectivity index (χ3v) is 4.96. The fourth-order valence-corrected chi connectivity index (χ4v) is 3.22. The van der Waals surface area contributed by atoms with E-state index in [4.69, 9.17) is 4.74 Å². The molecular weight excluding hydrogens is 356 g/mol. The normalized spacial score (nSPS) is 15.6. The molecule has 2 aromatic rings. The number of anilines is 1. The van der Waals surface area contributed by atoms with Gasteiger partial charge in [-0.1, -0.05) is 26.0 Å². The lowest BCUT2D eigenvalue weighted by Gasteiger charge is -2.35. The minimum absolute atomic E-state index is 0.0526. The van der Waals surface area contributed by atoms with E-state index >= 15 is 0 Å². The van der Waals surface area contributed by atoms with Crippen molar-refractivity contribution in [3.63, 3.8) is 0 Å². The number of benzene rings is 1. The Bertz CT molecular complexity index is 765. The van der Waals surface area contributed by atoms with Crippen LogP contribution in [-0.2, 0) is 7.05 Å². The number of aryl methyl sites for hydroxylation is 1. The Morgan fingerprint density at radius 2 is 1.82 bits per heavy atom. The van der Waals surface area contributed by atoms with Gasteiger partial charge in [-0.2, -0.15) is 0 Å². The van der Waals surface area contributed by atoms with Crippen LogP contribution in [-0.4, -0.2) is 64.5 Å². The van der Waals surface area contributed by atoms with Crippen LogP contribution in [0.3, 0.4) is 0 Å². The summed E-state index contributed by atoms with van der Waals surface area (Å²) in [4.78, 5) is 16.4. The number of hydrogen-bond donors (Lipinski definition) is 1. The van der Waals surface area contributed by atoms with Gasteiger partial charge in [-0.05, 0) is 30.5 Å². The minimum Gasteiger partial charge on any atom is -0.489 e. The van der Waals surface area contributed by atoms with Crippen LogP contribution in [0, 0.1) is 0 Å². The van der Waals surface area contributed by atoms with Gasteiger partial charge in [-0.25, -0.2) is 4.79 Å². The average Bonchev–Trinajstić information content (AvgIpc) is 3.12. The molecule has 2 amide bonds. The molecule has 1 aromatic heterocycles. The summed E-state index contributed by atoms with van der Waals surface area (Å²) in [6, 6.07) is 8.09. The Morgan fingerprint density at radius 3 is 2.39 bits per heavy atom. The lowest BCUT2D eigenvalue weighted by atomic mass is 10.0. The van der Waals surface area contributed by atoms with Crippen molar-refractivity contribution < 1.29 is 9.53 Å². The Morgan fingerprint density at radius 1 is 1.14 bits per heavy atom. The highest BCUT2D eigenvalue weighted by Crippen LogP contribution is 2.19. The third-order valence-electron chi connectivity index (χ3n) is 4.96. The molecule has 1 fully saturated rings. The van der Waals surface area contributed by atoms with Gasteiger partial charge in [0.2, 0.25) is 5.95 Å². The van der Waals surface area contributed by atoms with Gasteiger partial charge in [0.05, 0.1) is 6.54 Å². The summed E-state index contributed by atoms with van der Waals surface area (Å²) in [5, 5.41) is 11.0. The molecule has 1 aliphatic heterocycles. The Kier molecular flexibility index (Phi) is 6.38. The van der Waals surface area contributed by atoms with E-state index in [0.717, 1.165) is 24.8 Å². The molecule has 0 radical (unpaired) electrons. The smallest absolute Gasteiger partial charge is 0.317 e. The van der Waals surface area contributed by atoms with Crippen molar-refractivity contribution in [1.29, 1.82) is 0 Å². The van der Waals surface area contributed by atoms with E-state index in [0.29, 0.717) is 25.6 Å². The second-order valence-corrected chi connectivity index (χ2v) is 7.55. The quantitative estimate of drug-likeness (QED) is 0.824. The summed E-state index contributed by atoms with van der Waals surface area (Å²) >= 11 is 0. The average molecular weight is 387 g/mol. The number of carbonyl (C=O) groups excluding carboxylic acids is 1. The molecule has 8 nitrogen and oxygen atoms in total. The van der Waals surface area contributed by atoms with Gasteiger partial charge >= 0.3 is 6.03 Å². The van der Waals surface area contributed by atoms with E-state index in [1.54, 1.807) is 6.33 Å². The molecule has 8 heteroatoms. The van der Waals surface area contributed by atoms with Crippen LogP contribution in [0.25, 0.3) is 0 Å². The van der Waals surface area contributed by atoms with Crippen molar-refractivity contribution >= 4 is 12.0 Å². The number of nitrogens with one attached hydrogen (secondary N) is 1. The molecule has 1 N–H and O–H groups in total. The first-order valence-electron chi connectivity index (χ1n) is 9.82. The molecule has 152 valence electrons. The molecule has 1 aromatic carbocycles. The summed E-state index contributed by atoms with van der Waals surface area (Å²) in [5.74, 6) is 2.16. The fourth-order valence-electron chi connectivity index (χ4n) is 3.22. The molecule has 0 saturated carbocycles. The molecule has 0 unspecified atom stereocenters. The monoisotopic (exact) mass is 386 g/mol. The van der Waals surface area contributed by atoms with Crippen LogP contribution in [0.1, 0.15) is 32.3 Å². The maximum atomic E-state index is 12.4. The molecule has 3 rings (SSSR count). The lowest BCUT2D eigenvalue weighted by Crippen LogP contribution is -2.53. The van der Waals surface area contributed by atoms with Crippen LogP contribution in [0.2, 0.25) is 0 Å². The van der Waals surface area contributed by atoms with Crippen molar-refractivity contribution in [1.82, 2.24) is 25.0 Å². The van der Waals surface area contributed by atoms with Gasteiger partial charge in [0.25, 0.3) is 0 Å². The number of piperazine rings is 1. The zero-order valence-corrected chi connectivity index (χ0v) is 17.1. The zero-order valence-electron chi connectivity index (χ0n) is 17.1. The number of rotatable bonds is 6. The summed E-state index contributed by atoms with van der Waals surface area (Å²) in [6.07, 6.45) is 1.58. The first kappa shape index (κ1) is 20.0. The Hall–Kier alpha value is -2.77. The van der Waals surface area contributed by atoms with Crippen LogP contribution < -0.4 is 15.0 Å². The molecule has 2 heterocycles. The minimum atomic E-state index is -0.103. The predicted molar refractivity (Wildman–Crippen MR) is 109 cm³/mol. The number of amides is 2. The van der Waals surface area contributed by atoms with Crippen molar-refractivity contribution in [3.8, 4) is 5.75 Å². The maximum absolute atomic E-state index is 12.4. The van der Waals surface area contributed by atoms with E-state index in [-0.39, 0.29) is 12.1 Å². The molecule has 28 heavy (non-hydrogen) atoms. The van der Waals surface area contributed by atoms with E-state index in [1.165, 1.54) is 5.56 Å². The first-order chi connectivity index (χ1) is 13.4. The van der Waals surface area contributed by atoms with Crippen molar-refractivity contribution in [2.45, 2.75) is 32.8 Å². The molecule has 1 aliphatic rings. The Labute approximate surface area is 166 Å². The summed E-state index contributed by atoms with van der Waals surface area (Å²) in [7, 11) is 1.92. The summed E-state index contributed by atoms with van der Waals surface area (Å²) in [5.41, 5.74) is 1.29. The van der Waals surface area contributed by atoms with E-state index < -0.39 is 0 Å². The first-order valence-corrected chi connectivity index (χ1v) is 9.82. The maximum Gasteiger partial charge on any atom is 0.317 e. The molecule has 1 atom stereocenters. The zero-order chi connectivity index (χ0) is 20.1. The molecule has 0 spiro atoms. The summed E-state index contributed by atoms with van der Waals surface area (Å²) in [6.45, 7) is 9.57. The molecule has 0 bridgehead atoms. The van der Waals surface area contributed by atoms with Crippen molar-refractivity contribution in [2.75, 3.05) is 37.6 Å². The number of urea groups is 1. The van der Waals surface area contributed by atoms with Crippen LogP contribution in [0.15, 0.2) is 30.6 Å². The Balaban J connectivity index is 1.41. The number of ether oxygens (including phenoxy) is 1. The van der Waals surface area contributed by atoms with Gasteiger partial charge in [-0.3, -0.25) is 0 Å². The molecular formula is C20H30N6O2. The SMILES string of the molecule is CC(C)c1ccc(O[C@@H](C)CNC(=O)N2CCN(c3nncn3C)CC2)cc1.